The fraction of sp³-hybridized carbons (Fsp3) is 0.750. The van der Waals surface area contributed by atoms with E-state index in [-0.39, 0.29) is 58.1 Å². The number of halogens is 2. The fourth-order valence-electron chi connectivity index (χ4n) is 3.84. The molecule has 0 aromatic heterocycles. The summed E-state index contributed by atoms with van der Waals surface area (Å²) < 4.78 is 0. The molecule has 2 saturated carbocycles. The molecule has 0 unspecified atom stereocenters. The number of fused-ring (bicyclic) bond motifs is 5. The van der Waals surface area contributed by atoms with Gasteiger partial charge >= 0.3 is 5.97 Å². The topological polar surface area (TPSA) is 74.7 Å². The van der Waals surface area contributed by atoms with Gasteiger partial charge in [-0.2, -0.15) is 0 Å². The number of carboxylic acid groups (broad SMARTS) is 1. The summed E-state index contributed by atoms with van der Waals surface area (Å²) in [6, 6.07) is 0. The summed E-state index contributed by atoms with van der Waals surface area (Å²) in [6.07, 6.45) is 0.715. The molecular formula is C12H13Br2NO4. The van der Waals surface area contributed by atoms with Gasteiger partial charge in [0.15, 0.2) is 0 Å². The lowest BCUT2D eigenvalue weighted by atomic mass is 9.81. The van der Waals surface area contributed by atoms with Gasteiger partial charge in [0.2, 0.25) is 11.8 Å². The molecule has 1 heterocycles. The Morgan fingerprint density at radius 2 is 1.63 bits per heavy atom. The maximum Gasteiger partial charge on any atom is 0.305 e. The molecule has 1 N–H and O–H groups in total. The molecule has 3 fully saturated rings. The Balaban J connectivity index is 1.83. The zero-order valence-electron chi connectivity index (χ0n) is 9.96. The molecule has 2 bridgehead atoms. The SMILES string of the molecule is O=C(O)CCN1C(=O)[C@@H]2[C@@H]3C[C@@H]([C@H](Br)[C@H]3Br)[C@@H]2C1=O. The number of alkyl halides is 2. The van der Waals surface area contributed by atoms with Gasteiger partial charge in [-0.15, -0.1) is 0 Å². The number of nitrogens with zero attached hydrogens (tertiary/aromatic N) is 1. The maximum atomic E-state index is 12.3. The minimum Gasteiger partial charge on any atom is -0.481 e. The van der Waals surface area contributed by atoms with Crippen LogP contribution >= 0.6 is 31.9 Å². The molecule has 3 rings (SSSR count). The molecule has 104 valence electrons. The lowest BCUT2D eigenvalue weighted by Gasteiger charge is -2.28. The molecule has 19 heavy (non-hydrogen) atoms. The maximum absolute atomic E-state index is 12.3. The van der Waals surface area contributed by atoms with Crippen molar-refractivity contribution in [3.05, 3.63) is 0 Å². The highest BCUT2D eigenvalue weighted by atomic mass is 79.9. The Bertz CT molecular complexity index is 437. The number of imide groups is 1. The van der Waals surface area contributed by atoms with Crippen LogP contribution in [0.25, 0.3) is 0 Å². The van der Waals surface area contributed by atoms with Crippen LogP contribution in [0, 0.1) is 23.7 Å². The van der Waals surface area contributed by atoms with E-state index in [1.54, 1.807) is 0 Å². The van der Waals surface area contributed by atoms with Gasteiger partial charge in [-0.25, -0.2) is 0 Å². The normalized spacial score (nSPS) is 44.0. The third kappa shape index (κ3) is 1.81. The number of amides is 2. The van der Waals surface area contributed by atoms with Crippen LogP contribution in [0.4, 0.5) is 0 Å². The number of hydrogen-bond donors (Lipinski definition) is 1. The van der Waals surface area contributed by atoms with E-state index in [4.69, 9.17) is 5.11 Å². The first-order chi connectivity index (χ1) is 8.93. The van der Waals surface area contributed by atoms with Crippen molar-refractivity contribution in [1.29, 1.82) is 0 Å². The van der Waals surface area contributed by atoms with Gasteiger partial charge in [0.05, 0.1) is 18.3 Å². The van der Waals surface area contributed by atoms with Gasteiger partial charge in [0.1, 0.15) is 0 Å². The summed E-state index contributed by atoms with van der Waals surface area (Å²) in [5, 5.41) is 8.69. The highest BCUT2D eigenvalue weighted by molar-refractivity contribution is 9.12. The van der Waals surface area contributed by atoms with Crippen LogP contribution < -0.4 is 0 Å². The van der Waals surface area contributed by atoms with Crippen LogP contribution in [0.15, 0.2) is 0 Å². The Hall–Kier alpha value is -0.430. The number of hydrogen-bond acceptors (Lipinski definition) is 3. The second kappa shape index (κ2) is 4.55. The predicted octanol–water partition coefficient (Wildman–Crippen LogP) is 1.24. The molecule has 0 radical (unpaired) electrons. The minimum absolute atomic E-state index is 0.000650. The number of aliphatic carboxylic acids is 1. The molecule has 2 aliphatic carbocycles. The van der Waals surface area contributed by atoms with Crippen LogP contribution in [-0.2, 0) is 14.4 Å². The average molecular weight is 395 g/mol. The van der Waals surface area contributed by atoms with E-state index in [1.807, 2.05) is 0 Å². The Morgan fingerprint density at radius 1 is 1.16 bits per heavy atom. The summed E-state index contributed by atoms with van der Waals surface area (Å²) in [6.45, 7) is -0.000650. The second-order valence-electron chi connectivity index (χ2n) is 5.48. The molecule has 3 aliphatic rings. The van der Waals surface area contributed by atoms with E-state index in [0.717, 1.165) is 11.3 Å². The average Bonchev–Trinajstić information content (AvgIpc) is 2.93. The van der Waals surface area contributed by atoms with E-state index >= 15 is 0 Å². The molecule has 0 aromatic carbocycles. The predicted molar refractivity (Wildman–Crippen MR) is 73.0 cm³/mol. The Morgan fingerprint density at radius 3 is 2.05 bits per heavy atom. The standard InChI is InChI=1S/C12H13Br2NO4/c13-9-4-3-5(10(9)14)8-7(4)11(18)15(12(8)19)2-1-6(16)17/h4-5,7-10H,1-3H2,(H,16,17)/t4-,5+,7+,8-,9-,10-/m0/s1. The van der Waals surface area contributed by atoms with Crippen LogP contribution in [0.1, 0.15) is 12.8 Å². The molecule has 0 spiro atoms. The van der Waals surface area contributed by atoms with Crippen LogP contribution in [0.2, 0.25) is 0 Å². The van der Waals surface area contributed by atoms with Gasteiger partial charge in [-0.05, 0) is 18.3 Å². The monoisotopic (exact) mass is 393 g/mol. The molecular weight excluding hydrogens is 382 g/mol. The highest BCUT2D eigenvalue weighted by Crippen LogP contribution is 2.60. The first-order valence-corrected chi connectivity index (χ1v) is 8.11. The number of carboxylic acids is 1. The largest absolute Gasteiger partial charge is 0.481 e. The fourth-order valence-corrected chi connectivity index (χ4v) is 5.71. The number of likely N-dealkylation sites (tertiary alicyclic amines) is 1. The second-order valence-corrected chi connectivity index (χ2v) is 7.59. The zero-order chi connectivity index (χ0) is 13.9. The number of carbonyl (C=O) groups excluding carboxylic acids is 2. The Kier molecular flexibility index (Phi) is 3.24. The summed E-state index contributed by atoms with van der Waals surface area (Å²) >= 11 is 7.21. The van der Waals surface area contributed by atoms with Crippen molar-refractivity contribution in [2.45, 2.75) is 22.5 Å². The van der Waals surface area contributed by atoms with Crippen molar-refractivity contribution >= 4 is 49.6 Å². The molecule has 1 saturated heterocycles. The van der Waals surface area contributed by atoms with E-state index < -0.39 is 5.97 Å². The van der Waals surface area contributed by atoms with Crippen LogP contribution in [-0.4, -0.2) is 44.0 Å². The molecule has 0 aromatic rings. The number of rotatable bonds is 3. The van der Waals surface area contributed by atoms with Crippen molar-refractivity contribution in [1.82, 2.24) is 4.90 Å². The van der Waals surface area contributed by atoms with Crippen molar-refractivity contribution in [3.8, 4) is 0 Å². The van der Waals surface area contributed by atoms with Crippen molar-refractivity contribution in [2.75, 3.05) is 6.54 Å². The van der Waals surface area contributed by atoms with Crippen LogP contribution in [0.3, 0.4) is 0 Å². The van der Waals surface area contributed by atoms with Crippen molar-refractivity contribution in [2.24, 2.45) is 23.7 Å². The molecule has 5 nitrogen and oxygen atoms in total. The van der Waals surface area contributed by atoms with E-state index in [0.29, 0.717) is 0 Å². The van der Waals surface area contributed by atoms with Gasteiger partial charge in [-0.3, -0.25) is 19.3 Å². The summed E-state index contributed by atoms with van der Waals surface area (Å²) in [7, 11) is 0. The van der Waals surface area contributed by atoms with Gasteiger partial charge < -0.3 is 5.11 Å². The first kappa shape index (κ1) is 13.5. The minimum atomic E-state index is -0.989. The van der Waals surface area contributed by atoms with Crippen LogP contribution in [0.5, 0.6) is 0 Å². The van der Waals surface area contributed by atoms with Gasteiger partial charge in [0, 0.05) is 16.2 Å². The molecule has 1 aliphatic heterocycles. The molecule has 6 atom stereocenters. The van der Waals surface area contributed by atoms with Gasteiger partial charge in [0.25, 0.3) is 0 Å². The van der Waals surface area contributed by atoms with Crippen molar-refractivity contribution < 1.29 is 19.5 Å². The first-order valence-electron chi connectivity index (χ1n) is 6.28. The smallest absolute Gasteiger partial charge is 0.305 e. The summed E-state index contributed by atoms with van der Waals surface area (Å²) in [4.78, 5) is 36.8. The molecule has 7 heteroatoms. The zero-order valence-corrected chi connectivity index (χ0v) is 13.1. The third-order valence-corrected chi connectivity index (χ3v) is 7.83. The summed E-state index contributed by atoms with van der Waals surface area (Å²) in [5.41, 5.74) is 0. The summed E-state index contributed by atoms with van der Waals surface area (Å²) in [5.74, 6) is -1.46. The van der Waals surface area contributed by atoms with E-state index in [1.165, 1.54) is 0 Å². The lowest BCUT2D eigenvalue weighted by Crippen LogP contribution is -2.37. The number of carbonyl (C=O) groups is 3. The quantitative estimate of drug-likeness (QED) is 0.577. The highest BCUT2D eigenvalue weighted by Gasteiger charge is 2.66. The lowest BCUT2D eigenvalue weighted by molar-refractivity contribution is -0.142. The molecule has 2 amide bonds. The van der Waals surface area contributed by atoms with Crippen molar-refractivity contribution in [3.63, 3.8) is 0 Å². The van der Waals surface area contributed by atoms with E-state index in [2.05, 4.69) is 31.9 Å². The third-order valence-electron chi connectivity index (χ3n) is 4.63. The van der Waals surface area contributed by atoms with E-state index in [9.17, 15) is 14.4 Å². The Labute approximate surface area is 127 Å². The van der Waals surface area contributed by atoms with Gasteiger partial charge in [-0.1, -0.05) is 31.9 Å².